The molecule has 1 N–H and O–H groups in total. The molecule has 2 rings (SSSR count). The lowest BCUT2D eigenvalue weighted by molar-refractivity contribution is -0.186. The number of halogens is 1. The van der Waals surface area contributed by atoms with Crippen molar-refractivity contribution in [2.45, 2.75) is 25.6 Å². The lowest BCUT2D eigenvalue weighted by Gasteiger charge is -2.22. The van der Waals surface area contributed by atoms with Crippen molar-refractivity contribution in [1.29, 1.82) is 0 Å². The van der Waals surface area contributed by atoms with Gasteiger partial charge >= 0.3 is 0 Å². The number of carbonyl (C=O) groups excluding carboxylic acids is 1. The Bertz CT molecular complexity index is 374. The van der Waals surface area contributed by atoms with Gasteiger partial charge < -0.3 is 4.74 Å². The third-order valence-corrected chi connectivity index (χ3v) is 2.78. The molecule has 0 bridgehead atoms. The van der Waals surface area contributed by atoms with Gasteiger partial charge in [0.1, 0.15) is 0 Å². The zero-order chi connectivity index (χ0) is 12.1. The van der Waals surface area contributed by atoms with Gasteiger partial charge in [0.2, 0.25) is 0 Å². The van der Waals surface area contributed by atoms with Crippen LogP contribution in [0.1, 0.15) is 29.6 Å². The van der Waals surface area contributed by atoms with Crippen molar-refractivity contribution in [3.8, 4) is 0 Å². The first kappa shape index (κ1) is 12.4. The molecular weight excluding hydrogens is 242 g/mol. The van der Waals surface area contributed by atoms with E-state index in [1.807, 2.05) is 0 Å². The van der Waals surface area contributed by atoms with Crippen LogP contribution in [0.5, 0.6) is 0 Å². The Labute approximate surface area is 105 Å². The topological polar surface area (TPSA) is 47.6 Å². The second kappa shape index (κ2) is 6.00. The molecule has 92 valence electrons. The molecule has 1 aliphatic rings. The number of carbonyl (C=O) groups is 1. The van der Waals surface area contributed by atoms with Gasteiger partial charge in [0.25, 0.3) is 5.91 Å². The summed E-state index contributed by atoms with van der Waals surface area (Å²) in [6, 6.07) is 6.60. The summed E-state index contributed by atoms with van der Waals surface area (Å²) in [7, 11) is 0. The number of benzene rings is 1. The number of hydroxylamine groups is 1. The SMILES string of the molecule is O=C(NO[C@H]1CCCCO1)c1ccc(Cl)cc1. The predicted molar refractivity (Wildman–Crippen MR) is 63.6 cm³/mol. The lowest BCUT2D eigenvalue weighted by atomic mass is 10.2. The van der Waals surface area contributed by atoms with E-state index >= 15 is 0 Å². The molecule has 17 heavy (non-hydrogen) atoms. The summed E-state index contributed by atoms with van der Waals surface area (Å²) in [6.07, 6.45) is 2.58. The zero-order valence-corrected chi connectivity index (χ0v) is 10.1. The highest BCUT2D eigenvalue weighted by molar-refractivity contribution is 6.30. The van der Waals surface area contributed by atoms with E-state index in [4.69, 9.17) is 21.2 Å². The Hall–Kier alpha value is -1.10. The van der Waals surface area contributed by atoms with E-state index in [9.17, 15) is 4.79 Å². The third kappa shape index (κ3) is 3.70. The Morgan fingerprint density at radius 3 is 2.76 bits per heavy atom. The van der Waals surface area contributed by atoms with E-state index in [2.05, 4.69) is 5.48 Å². The maximum absolute atomic E-state index is 11.7. The number of rotatable bonds is 3. The number of ether oxygens (including phenoxy) is 1. The van der Waals surface area contributed by atoms with Crippen LogP contribution in [-0.4, -0.2) is 18.8 Å². The summed E-state index contributed by atoms with van der Waals surface area (Å²) in [5, 5.41) is 0.595. The molecule has 1 amide bonds. The Balaban J connectivity index is 1.82. The van der Waals surface area contributed by atoms with E-state index < -0.39 is 0 Å². The van der Waals surface area contributed by atoms with Crippen molar-refractivity contribution in [3.63, 3.8) is 0 Å². The summed E-state index contributed by atoms with van der Waals surface area (Å²) in [6.45, 7) is 0.682. The van der Waals surface area contributed by atoms with Gasteiger partial charge in [0.05, 0.1) is 0 Å². The average molecular weight is 256 g/mol. The first-order valence-corrected chi connectivity index (χ1v) is 5.96. The molecule has 1 saturated heterocycles. The monoisotopic (exact) mass is 255 g/mol. The molecule has 0 unspecified atom stereocenters. The van der Waals surface area contributed by atoms with Gasteiger partial charge in [0.15, 0.2) is 6.29 Å². The quantitative estimate of drug-likeness (QED) is 0.845. The smallest absolute Gasteiger partial charge is 0.274 e. The van der Waals surface area contributed by atoms with Crippen LogP contribution in [-0.2, 0) is 9.57 Å². The molecule has 1 heterocycles. The fourth-order valence-corrected chi connectivity index (χ4v) is 1.71. The standard InChI is InChI=1S/C12H14ClNO3/c13-10-6-4-9(5-7-10)12(15)14-17-11-3-1-2-8-16-11/h4-7,11H,1-3,8H2,(H,14,15)/t11-/m0/s1. The summed E-state index contributed by atoms with van der Waals surface area (Å²) >= 11 is 5.73. The van der Waals surface area contributed by atoms with Crippen LogP contribution >= 0.6 is 11.6 Å². The highest BCUT2D eigenvalue weighted by atomic mass is 35.5. The minimum atomic E-state index is -0.333. The fourth-order valence-electron chi connectivity index (χ4n) is 1.58. The maximum atomic E-state index is 11.7. The van der Waals surface area contributed by atoms with E-state index in [0.29, 0.717) is 17.2 Å². The molecule has 1 atom stereocenters. The van der Waals surface area contributed by atoms with Crippen molar-refractivity contribution in [3.05, 3.63) is 34.9 Å². The third-order valence-electron chi connectivity index (χ3n) is 2.53. The second-order valence-electron chi connectivity index (χ2n) is 3.85. The van der Waals surface area contributed by atoms with Gasteiger partial charge in [0, 0.05) is 23.6 Å². The second-order valence-corrected chi connectivity index (χ2v) is 4.29. The molecule has 1 fully saturated rings. The predicted octanol–water partition coefficient (Wildman–Crippen LogP) is 2.53. The molecule has 0 saturated carbocycles. The minimum absolute atomic E-state index is 0.296. The molecule has 1 aliphatic heterocycles. The zero-order valence-electron chi connectivity index (χ0n) is 9.32. The van der Waals surface area contributed by atoms with Gasteiger partial charge in [-0.3, -0.25) is 4.79 Å². The fraction of sp³-hybridized carbons (Fsp3) is 0.417. The Morgan fingerprint density at radius 1 is 1.35 bits per heavy atom. The van der Waals surface area contributed by atoms with Crippen LogP contribution in [0.4, 0.5) is 0 Å². The molecular formula is C12H14ClNO3. The van der Waals surface area contributed by atoms with E-state index in [-0.39, 0.29) is 12.2 Å². The molecule has 1 aromatic rings. The van der Waals surface area contributed by atoms with Crippen molar-refractivity contribution in [2.75, 3.05) is 6.61 Å². The summed E-state index contributed by atoms with van der Waals surface area (Å²) < 4.78 is 5.33. The molecule has 1 aromatic carbocycles. The van der Waals surface area contributed by atoms with Crippen LogP contribution in [0, 0.1) is 0 Å². The van der Waals surface area contributed by atoms with Crippen molar-refractivity contribution >= 4 is 17.5 Å². The maximum Gasteiger partial charge on any atom is 0.274 e. The largest absolute Gasteiger partial charge is 0.350 e. The summed E-state index contributed by atoms with van der Waals surface area (Å²) in [4.78, 5) is 16.8. The van der Waals surface area contributed by atoms with Crippen LogP contribution < -0.4 is 5.48 Å². The summed E-state index contributed by atoms with van der Waals surface area (Å²) in [5.41, 5.74) is 2.89. The highest BCUT2D eigenvalue weighted by Crippen LogP contribution is 2.13. The van der Waals surface area contributed by atoms with Crippen LogP contribution in [0.3, 0.4) is 0 Å². The molecule has 0 spiro atoms. The minimum Gasteiger partial charge on any atom is -0.350 e. The number of hydrogen-bond acceptors (Lipinski definition) is 3. The van der Waals surface area contributed by atoms with Crippen molar-refractivity contribution < 1.29 is 14.4 Å². The van der Waals surface area contributed by atoms with Gasteiger partial charge in [-0.25, -0.2) is 10.3 Å². The van der Waals surface area contributed by atoms with E-state index in [0.717, 1.165) is 19.3 Å². The first-order valence-electron chi connectivity index (χ1n) is 5.59. The highest BCUT2D eigenvalue weighted by Gasteiger charge is 2.16. The van der Waals surface area contributed by atoms with Gasteiger partial charge in [-0.15, -0.1) is 0 Å². The van der Waals surface area contributed by atoms with Crippen molar-refractivity contribution in [2.24, 2.45) is 0 Å². The summed E-state index contributed by atoms with van der Waals surface area (Å²) in [5.74, 6) is -0.296. The lowest BCUT2D eigenvalue weighted by Crippen LogP contribution is -2.33. The number of nitrogens with one attached hydrogen (secondary N) is 1. The Morgan fingerprint density at radius 2 is 2.12 bits per heavy atom. The van der Waals surface area contributed by atoms with Crippen LogP contribution in [0.15, 0.2) is 24.3 Å². The Kier molecular flexibility index (Phi) is 4.36. The molecule has 4 nitrogen and oxygen atoms in total. The van der Waals surface area contributed by atoms with E-state index in [1.165, 1.54) is 0 Å². The van der Waals surface area contributed by atoms with Crippen molar-refractivity contribution in [1.82, 2.24) is 5.48 Å². The molecule has 0 aromatic heterocycles. The normalized spacial score (nSPS) is 19.9. The van der Waals surface area contributed by atoms with Crippen LogP contribution in [0.25, 0.3) is 0 Å². The molecule has 0 aliphatic carbocycles. The first-order chi connectivity index (χ1) is 8.25. The number of amides is 1. The van der Waals surface area contributed by atoms with Gasteiger partial charge in [-0.05, 0) is 37.1 Å². The average Bonchev–Trinajstić information content (AvgIpc) is 2.38. The van der Waals surface area contributed by atoms with Gasteiger partial charge in [-0.2, -0.15) is 0 Å². The molecule has 0 radical (unpaired) electrons. The number of hydrogen-bond donors (Lipinski definition) is 1. The van der Waals surface area contributed by atoms with Crippen LogP contribution in [0.2, 0.25) is 5.02 Å². The van der Waals surface area contributed by atoms with Gasteiger partial charge in [-0.1, -0.05) is 11.6 Å². The molecule has 5 heteroatoms. The van der Waals surface area contributed by atoms with E-state index in [1.54, 1.807) is 24.3 Å².